The number of rotatable bonds is 9. The van der Waals surface area contributed by atoms with Gasteiger partial charge < -0.3 is 20.7 Å². The number of allylic oxidation sites excluding steroid dienone is 3. The lowest BCUT2D eigenvalue weighted by Gasteiger charge is -2.10. The maximum atomic E-state index is 12.4. The number of hydrogen-bond acceptors (Lipinski definition) is 5. The molecule has 146 valence electrons. The van der Waals surface area contributed by atoms with E-state index in [9.17, 15) is 19.2 Å². The number of hydrogen-bond donors (Lipinski definition) is 3. The summed E-state index contributed by atoms with van der Waals surface area (Å²) in [5.74, 6) is -2.04. The summed E-state index contributed by atoms with van der Waals surface area (Å²) in [5.41, 5.74) is 4.96. The highest BCUT2D eigenvalue weighted by Gasteiger charge is 2.15. The molecular formula is C20H21N3O5. The summed E-state index contributed by atoms with van der Waals surface area (Å²) >= 11 is 0. The van der Waals surface area contributed by atoms with Gasteiger partial charge in [-0.15, -0.1) is 5.73 Å². The van der Waals surface area contributed by atoms with Crippen LogP contribution in [0.25, 0.3) is 5.57 Å². The van der Waals surface area contributed by atoms with Crippen LogP contribution in [-0.2, 0) is 19.1 Å². The van der Waals surface area contributed by atoms with Gasteiger partial charge in [-0.1, -0.05) is 24.3 Å². The third kappa shape index (κ3) is 6.26. The van der Waals surface area contributed by atoms with E-state index >= 15 is 0 Å². The van der Waals surface area contributed by atoms with Crippen molar-refractivity contribution in [1.82, 2.24) is 16.0 Å². The van der Waals surface area contributed by atoms with Crippen LogP contribution in [0.5, 0.6) is 0 Å². The van der Waals surface area contributed by atoms with Crippen molar-refractivity contribution < 1.29 is 23.9 Å². The van der Waals surface area contributed by atoms with Crippen molar-refractivity contribution in [3.63, 3.8) is 0 Å². The molecule has 0 bridgehead atoms. The Kier molecular flexibility index (Phi) is 7.75. The Labute approximate surface area is 162 Å². The van der Waals surface area contributed by atoms with Crippen molar-refractivity contribution in [3.05, 3.63) is 59.4 Å². The van der Waals surface area contributed by atoms with Crippen LogP contribution in [-0.4, -0.2) is 49.9 Å². The highest BCUT2D eigenvalue weighted by atomic mass is 16.5. The van der Waals surface area contributed by atoms with Gasteiger partial charge in [-0.2, -0.15) is 0 Å². The lowest BCUT2D eigenvalue weighted by molar-refractivity contribution is -0.143. The highest BCUT2D eigenvalue weighted by Crippen LogP contribution is 2.21. The molecule has 1 aliphatic rings. The van der Waals surface area contributed by atoms with E-state index in [1.807, 2.05) is 18.2 Å². The van der Waals surface area contributed by atoms with Gasteiger partial charge in [0.2, 0.25) is 11.8 Å². The molecule has 0 fully saturated rings. The summed E-state index contributed by atoms with van der Waals surface area (Å²) in [5, 5.41) is 7.20. The fourth-order valence-electron chi connectivity index (χ4n) is 2.36. The molecule has 8 heteroatoms. The zero-order valence-electron chi connectivity index (χ0n) is 15.4. The number of carbonyl (C=O) groups excluding carboxylic acids is 4. The van der Waals surface area contributed by atoms with Crippen LogP contribution in [0.4, 0.5) is 0 Å². The molecule has 28 heavy (non-hydrogen) atoms. The van der Waals surface area contributed by atoms with Crippen LogP contribution in [0.3, 0.4) is 0 Å². The minimum atomic E-state index is -0.560. The Morgan fingerprint density at radius 1 is 0.964 bits per heavy atom. The Balaban J connectivity index is 1.78. The van der Waals surface area contributed by atoms with E-state index in [0.717, 1.165) is 5.57 Å². The molecule has 0 spiro atoms. The molecule has 0 heterocycles. The second kappa shape index (κ2) is 10.5. The molecule has 0 aliphatic heterocycles. The molecule has 8 nitrogen and oxygen atoms in total. The van der Waals surface area contributed by atoms with Crippen molar-refractivity contribution in [2.24, 2.45) is 0 Å². The van der Waals surface area contributed by atoms with Gasteiger partial charge in [0.1, 0.15) is 6.54 Å². The first-order valence-corrected chi connectivity index (χ1v) is 8.71. The number of carbonyl (C=O) groups is 4. The van der Waals surface area contributed by atoms with Gasteiger partial charge in [0.05, 0.1) is 19.7 Å². The fourth-order valence-corrected chi connectivity index (χ4v) is 2.36. The molecule has 3 amide bonds. The first-order valence-electron chi connectivity index (χ1n) is 8.71. The van der Waals surface area contributed by atoms with Gasteiger partial charge in [0.25, 0.3) is 5.91 Å². The predicted molar refractivity (Wildman–Crippen MR) is 102 cm³/mol. The average Bonchev–Trinajstić information content (AvgIpc) is 3.24. The SMILES string of the molecule is CCOC(=O)CNC(=O)CNC(=O)CNC(=O)c1ccccc1C1=C=CC=C1. The smallest absolute Gasteiger partial charge is 0.325 e. The molecule has 0 saturated heterocycles. The van der Waals surface area contributed by atoms with Crippen LogP contribution >= 0.6 is 0 Å². The van der Waals surface area contributed by atoms with E-state index in [2.05, 4.69) is 26.4 Å². The molecule has 3 N–H and O–H groups in total. The third-order valence-corrected chi connectivity index (χ3v) is 3.65. The van der Waals surface area contributed by atoms with Crippen LogP contribution in [0.2, 0.25) is 0 Å². The largest absolute Gasteiger partial charge is 0.465 e. The van der Waals surface area contributed by atoms with Gasteiger partial charge in [0, 0.05) is 16.7 Å². The molecule has 0 atom stereocenters. The standard InChI is InChI=1S/C20H21N3O5/c1-2-28-19(26)13-22-17(24)11-21-18(25)12-23-20(27)16-10-6-5-9-15(16)14-7-3-4-8-14/h3-7,9-10H,2,11-13H2,1H3,(H,21,25)(H,22,24)(H,23,27). The Morgan fingerprint density at radius 3 is 2.32 bits per heavy atom. The molecule has 0 radical (unpaired) electrons. The lowest BCUT2D eigenvalue weighted by Crippen LogP contribution is -2.43. The monoisotopic (exact) mass is 383 g/mol. The summed E-state index contributed by atoms with van der Waals surface area (Å²) in [6.45, 7) is 1.01. The highest BCUT2D eigenvalue weighted by molar-refractivity contribution is 6.02. The first kappa shape index (κ1) is 20.7. The Bertz CT molecular complexity index is 866. The van der Waals surface area contributed by atoms with E-state index in [1.54, 1.807) is 31.2 Å². The number of amides is 3. The van der Waals surface area contributed by atoms with E-state index in [-0.39, 0.29) is 26.2 Å². The van der Waals surface area contributed by atoms with Gasteiger partial charge in [0.15, 0.2) is 0 Å². The second-order valence-electron chi connectivity index (χ2n) is 5.67. The maximum absolute atomic E-state index is 12.4. The topological polar surface area (TPSA) is 114 Å². The van der Waals surface area contributed by atoms with Crippen LogP contribution in [0, 0.1) is 0 Å². The Hall–Kier alpha value is -3.64. The van der Waals surface area contributed by atoms with Crippen molar-refractivity contribution in [2.45, 2.75) is 6.92 Å². The number of ether oxygens (including phenoxy) is 1. The van der Waals surface area contributed by atoms with E-state index in [0.29, 0.717) is 11.1 Å². The molecule has 0 unspecified atom stereocenters. The van der Waals surface area contributed by atoms with Crippen molar-refractivity contribution in [1.29, 1.82) is 0 Å². The quantitative estimate of drug-likeness (QED) is 0.420. The summed E-state index contributed by atoms with van der Waals surface area (Å²) in [6.07, 6.45) is 5.42. The van der Waals surface area contributed by atoms with Crippen LogP contribution in [0.1, 0.15) is 22.8 Å². The molecule has 1 aromatic carbocycles. The van der Waals surface area contributed by atoms with Gasteiger partial charge in [-0.05, 0) is 25.1 Å². The fraction of sp³-hybridized carbons (Fsp3) is 0.250. The van der Waals surface area contributed by atoms with Crippen molar-refractivity contribution >= 4 is 29.3 Å². The minimum absolute atomic E-state index is 0.220. The molecule has 1 aromatic rings. The summed E-state index contributed by atoms with van der Waals surface area (Å²) in [4.78, 5) is 46.9. The first-order chi connectivity index (χ1) is 13.5. The van der Waals surface area contributed by atoms with Gasteiger partial charge in [-0.3, -0.25) is 19.2 Å². The van der Waals surface area contributed by atoms with E-state index < -0.39 is 23.7 Å². The maximum Gasteiger partial charge on any atom is 0.325 e. The van der Waals surface area contributed by atoms with E-state index in [1.165, 1.54) is 0 Å². The minimum Gasteiger partial charge on any atom is -0.465 e. The van der Waals surface area contributed by atoms with Crippen LogP contribution < -0.4 is 16.0 Å². The molecule has 2 rings (SSSR count). The zero-order valence-corrected chi connectivity index (χ0v) is 15.4. The van der Waals surface area contributed by atoms with Crippen LogP contribution in [0.15, 0.2) is 48.2 Å². The summed E-state index contributed by atoms with van der Waals surface area (Å²) in [7, 11) is 0. The van der Waals surface area contributed by atoms with Gasteiger partial charge in [-0.25, -0.2) is 0 Å². The normalized spacial score (nSPS) is 11.5. The number of esters is 1. The zero-order chi connectivity index (χ0) is 20.4. The number of benzene rings is 1. The second-order valence-corrected chi connectivity index (χ2v) is 5.67. The Morgan fingerprint density at radius 2 is 1.64 bits per heavy atom. The van der Waals surface area contributed by atoms with Gasteiger partial charge >= 0.3 is 5.97 Å². The molecule has 0 saturated carbocycles. The average molecular weight is 383 g/mol. The number of nitrogens with one attached hydrogen (secondary N) is 3. The van der Waals surface area contributed by atoms with E-state index in [4.69, 9.17) is 0 Å². The molecule has 1 aliphatic carbocycles. The van der Waals surface area contributed by atoms with Crippen molar-refractivity contribution in [3.8, 4) is 0 Å². The summed E-state index contributed by atoms with van der Waals surface area (Å²) in [6, 6.07) is 7.00. The molecular weight excluding hydrogens is 362 g/mol. The van der Waals surface area contributed by atoms with Crippen molar-refractivity contribution in [2.75, 3.05) is 26.2 Å². The predicted octanol–water partition coefficient (Wildman–Crippen LogP) is 0.320. The molecule has 0 aromatic heterocycles. The third-order valence-electron chi connectivity index (χ3n) is 3.65. The summed E-state index contributed by atoms with van der Waals surface area (Å²) < 4.78 is 4.67. The lowest BCUT2D eigenvalue weighted by atomic mass is 10.0.